The fraction of sp³-hybridized carbons (Fsp3) is 0.269. The number of anilines is 1. The van der Waals surface area contributed by atoms with Crippen molar-refractivity contribution >= 4 is 17.6 Å². The monoisotopic (exact) mass is 454 g/mol. The Kier molecular flexibility index (Phi) is 7.13. The van der Waals surface area contributed by atoms with Gasteiger partial charge in [-0.1, -0.05) is 18.2 Å². The van der Waals surface area contributed by atoms with Crippen molar-refractivity contribution in [1.29, 1.82) is 5.26 Å². The highest BCUT2D eigenvalue weighted by Gasteiger charge is 2.25. The van der Waals surface area contributed by atoms with E-state index in [1.54, 1.807) is 30.7 Å². The van der Waals surface area contributed by atoms with Crippen LogP contribution in [-0.2, 0) is 6.54 Å². The molecule has 1 aliphatic rings. The van der Waals surface area contributed by atoms with Crippen LogP contribution in [0, 0.1) is 18.3 Å². The van der Waals surface area contributed by atoms with E-state index < -0.39 is 0 Å². The second kappa shape index (κ2) is 10.6. The number of hydrogen-bond acceptors (Lipinski definition) is 5. The molecular formula is C26H26N6O2. The number of likely N-dealkylation sites (tertiary alicyclic amines) is 1. The first-order valence-electron chi connectivity index (χ1n) is 11.2. The number of nitriles is 1. The number of nitrogens with one attached hydrogen (secondary N) is 2. The predicted molar refractivity (Wildman–Crippen MR) is 128 cm³/mol. The van der Waals surface area contributed by atoms with Gasteiger partial charge in [-0.15, -0.1) is 0 Å². The fourth-order valence-corrected chi connectivity index (χ4v) is 4.08. The predicted octanol–water partition coefficient (Wildman–Crippen LogP) is 4.00. The summed E-state index contributed by atoms with van der Waals surface area (Å²) in [5, 5.41) is 14.5. The van der Waals surface area contributed by atoms with Gasteiger partial charge in [-0.3, -0.25) is 14.8 Å². The molecule has 2 N–H and O–H groups in total. The Labute approximate surface area is 198 Å². The number of hydrogen-bond donors (Lipinski definition) is 2. The molecule has 0 unspecified atom stereocenters. The van der Waals surface area contributed by atoms with E-state index >= 15 is 0 Å². The van der Waals surface area contributed by atoms with Crippen LogP contribution in [0.15, 0.2) is 61.1 Å². The molecule has 2 aromatic carbocycles. The minimum Gasteiger partial charge on any atom is -0.339 e. The van der Waals surface area contributed by atoms with E-state index in [1.807, 2.05) is 42.2 Å². The van der Waals surface area contributed by atoms with Gasteiger partial charge in [0.15, 0.2) is 0 Å². The van der Waals surface area contributed by atoms with Gasteiger partial charge < -0.3 is 15.5 Å². The summed E-state index contributed by atoms with van der Waals surface area (Å²) in [5.41, 5.74) is 4.53. The van der Waals surface area contributed by atoms with Gasteiger partial charge >= 0.3 is 6.03 Å². The Morgan fingerprint density at radius 2 is 1.88 bits per heavy atom. The summed E-state index contributed by atoms with van der Waals surface area (Å²) in [7, 11) is 0. The molecule has 0 radical (unpaired) electrons. The number of rotatable bonds is 5. The van der Waals surface area contributed by atoms with Crippen LogP contribution in [0.25, 0.3) is 0 Å². The van der Waals surface area contributed by atoms with Crippen LogP contribution >= 0.6 is 0 Å². The third kappa shape index (κ3) is 5.56. The average molecular weight is 455 g/mol. The highest BCUT2D eigenvalue weighted by atomic mass is 16.2. The van der Waals surface area contributed by atoms with E-state index in [0.717, 1.165) is 18.4 Å². The van der Waals surface area contributed by atoms with Crippen LogP contribution in [0.3, 0.4) is 0 Å². The molecule has 0 spiro atoms. The Morgan fingerprint density at radius 3 is 2.56 bits per heavy atom. The molecule has 8 heteroatoms. The Morgan fingerprint density at radius 1 is 1.12 bits per heavy atom. The molecule has 0 saturated carbocycles. The summed E-state index contributed by atoms with van der Waals surface area (Å²) in [6, 6.07) is 14.8. The highest BCUT2D eigenvalue weighted by Crippen LogP contribution is 2.29. The van der Waals surface area contributed by atoms with Crippen molar-refractivity contribution in [3.05, 3.63) is 89.0 Å². The van der Waals surface area contributed by atoms with E-state index in [2.05, 4.69) is 26.7 Å². The van der Waals surface area contributed by atoms with Gasteiger partial charge in [0.05, 0.1) is 30.1 Å². The van der Waals surface area contributed by atoms with Crippen LogP contribution in [-0.4, -0.2) is 39.9 Å². The number of urea groups is 1. The molecule has 1 aromatic heterocycles. The third-order valence-corrected chi connectivity index (χ3v) is 6.07. The van der Waals surface area contributed by atoms with Gasteiger partial charge in [0.2, 0.25) is 0 Å². The Balaban J connectivity index is 1.35. The average Bonchev–Trinajstić information content (AvgIpc) is 2.89. The molecule has 0 aliphatic carbocycles. The zero-order chi connectivity index (χ0) is 23.9. The van der Waals surface area contributed by atoms with E-state index in [-0.39, 0.29) is 18.5 Å². The molecule has 0 bridgehead atoms. The normalized spacial score (nSPS) is 13.7. The van der Waals surface area contributed by atoms with E-state index in [0.29, 0.717) is 41.5 Å². The molecule has 0 atom stereocenters. The van der Waals surface area contributed by atoms with E-state index in [9.17, 15) is 9.59 Å². The van der Waals surface area contributed by atoms with Gasteiger partial charge in [0.25, 0.3) is 5.91 Å². The van der Waals surface area contributed by atoms with Crippen LogP contribution in [0.4, 0.5) is 10.5 Å². The topological polar surface area (TPSA) is 111 Å². The lowest BCUT2D eigenvalue weighted by Crippen LogP contribution is -2.38. The maximum atomic E-state index is 13.1. The molecule has 2 heterocycles. The molecule has 172 valence electrons. The Hall–Kier alpha value is -4.25. The number of benzene rings is 2. The first-order valence-corrected chi connectivity index (χ1v) is 11.2. The van der Waals surface area contributed by atoms with Crippen molar-refractivity contribution in [1.82, 2.24) is 20.2 Å². The van der Waals surface area contributed by atoms with Gasteiger partial charge in [0, 0.05) is 36.7 Å². The molecule has 1 saturated heterocycles. The number of aromatic nitrogens is 2. The van der Waals surface area contributed by atoms with Crippen molar-refractivity contribution < 1.29 is 9.59 Å². The van der Waals surface area contributed by atoms with Crippen molar-refractivity contribution in [2.45, 2.75) is 32.2 Å². The lowest BCUT2D eigenvalue weighted by atomic mass is 9.89. The molecule has 3 aromatic rings. The van der Waals surface area contributed by atoms with Crippen LogP contribution in [0.2, 0.25) is 0 Å². The second-order valence-corrected chi connectivity index (χ2v) is 8.33. The molecule has 1 fully saturated rings. The summed E-state index contributed by atoms with van der Waals surface area (Å²) in [6.45, 7) is 3.47. The van der Waals surface area contributed by atoms with Gasteiger partial charge in [-0.2, -0.15) is 5.26 Å². The third-order valence-electron chi connectivity index (χ3n) is 6.07. The second-order valence-electron chi connectivity index (χ2n) is 8.33. The molecular weight excluding hydrogens is 428 g/mol. The zero-order valence-electron chi connectivity index (χ0n) is 19.0. The first kappa shape index (κ1) is 22.9. The quantitative estimate of drug-likeness (QED) is 0.605. The summed E-state index contributed by atoms with van der Waals surface area (Å²) in [4.78, 5) is 35.5. The molecule has 4 rings (SSSR count). The van der Waals surface area contributed by atoms with E-state index in [1.165, 1.54) is 5.56 Å². The minimum absolute atomic E-state index is 0.0405. The van der Waals surface area contributed by atoms with Gasteiger partial charge in [-0.05, 0) is 61.1 Å². The number of carbonyl (C=O) groups excluding carboxylic acids is 2. The number of amides is 3. The number of aryl methyl sites for hydroxylation is 1. The lowest BCUT2D eigenvalue weighted by molar-refractivity contribution is 0.0713. The maximum absolute atomic E-state index is 13.1. The number of piperidine rings is 1. The lowest BCUT2D eigenvalue weighted by Gasteiger charge is -2.32. The van der Waals surface area contributed by atoms with Crippen molar-refractivity contribution in [3.8, 4) is 6.07 Å². The van der Waals surface area contributed by atoms with Crippen LogP contribution < -0.4 is 10.6 Å². The smallest absolute Gasteiger partial charge is 0.319 e. The molecule has 8 nitrogen and oxygen atoms in total. The SMILES string of the molecule is Cc1ccc(C(=O)N2CCC(c3ccc(C#N)cc3)CC2)cc1NC(=O)NCc1cnccn1. The van der Waals surface area contributed by atoms with Gasteiger partial charge in [0.1, 0.15) is 0 Å². The fourth-order valence-electron chi connectivity index (χ4n) is 4.08. The highest BCUT2D eigenvalue weighted by molar-refractivity contribution is 5.97. The van der Waals surface area contributed by atoms with Crippen LogP contribution in [0.5, 0.6) is 0 Å². The summed E-state index contributed by atoms with van der Waals surface area (Å²) in [6.07, 6.45) is 6.49. The summed E-state index contributed by atoms with van der Waals surface area (Å²) < 4.78 is 0. The standard InChI is InChI=1S/C26H26N6O2/c1-18-2-5-22(14-24(18)31-26(34)30-17-23-16-28-10-11-29-23)25(33)32-12-8-21(9-13-32)20-6-3-19(15-27)4-7-20/h2-7,10-11,14,16,21H,8-9,12-13,17H2,1H3,(H2,30,31,34). The summed E-state index contributed by atoms with van der Waals surface area (Å²) in [5.74, 6) is 0.339. The Bertz CT molecular complexity index is 1200. The maximum Gasteiger partial charge on any atom is 0.319 e. The first-order chi connectivity index (χ1) is 16.5. The zero-order valence-corrected chi connectivity index (χ0v) is 19.0. The number of nitrogens with zero attached hydrogens (tertiary/aromatic N) is 4. The molecule has 34 heavy (non-hydrogen) atoms. The molecule has 3 amide bonds. The number of carbonyl (C=O) groups is 2. The van der Waals surface area contributed by atoms with Crippen molar-refractivity contribution in [2.75, 3.05) is 18.4 Å². The summed E-state index contributed by atoms with van der Waals surface area (Å²) >= 11 is 0. The van der Waals surface area contributed by atoms with Crippen LogP contribution in [0.1, 0.15) is 51.5 Å². The molecule has 1 aliphatic heterocycles. The van der Waals surface area contributed by atoms with Gasteiger partial charge in [-0.25, -0.2) is 4.79 Å². The van der Waals surface area contributed by atoms with Crippen molar-refractivity contribution in [2.24, 2.45) is 0 Å². The minimum atomic E-state index is -0.374. The largest absolute Gasteiger partial charge is 0.339 e. The van der Waals surface area contributed by atoms with Crippen molar-refractivity contribution in [3.63, 3.8) is 0 Å². The van der Waals surface area contributed by atoms with E-state index in [4.69, 9.17) is 5.26 Å².